The number of rotatable bonds is 5. The lowest BCUT2D eigenvalue weighted by Gasteiger charge is -2.03. The van der Waals surface area contributed by atoms with Gasteiger partial charge in [0.1, 0.15) is 0 Å². The van der Waals surface area contributed by atoms with E-state index in [-0.39, 0.29) is 0 Å². The third-order valence-corrected chi connectivity index (χ3v) is 2.30. The summed E-state index contributed by atoms with van der Waals surface area (Å²) >= 11 is 4.61. The summed E-state index contributed by atoms with van der Waals surface area (Å²) < 4.78 is 0. The number of para-hydroxylation sites is 1. The molecule has 0 aromatic heterocycles. The van der Waals surface area contributed by atoms with Crippen molar-refractivity contribution in [2.45, 2.75) is 32.6 Å². The van der Waals surface area contributed by atoms with Crippen LogP contribution in [0.3, 0.4) is 0 Å². The zero-order valence-electron chi connectivity index (χ0n) is 8.49. The van der Waals surface area contributed by atoms with Crippen molar-refractivity contribution in [1.29, 1.82) is 0 Å². The van der Waals surface area contributed by atoms with Gasteiger partial charge in [-0.25, -0.2) is 0 Å². The molecule has 1 aromatic carbocycles. The number of aliphatic imine (C=N–C) groups is 1. The maximum atomic E-state index is 4.61. The summed E-state index contributed by atoms with van der Waals surface area (Å²) in [6.45, 7) is 2.21. The molecule has 0 heterocycles. The van der Waals surface area contributed by atoms with Crippen LogP contribution < -0.4 is 0 Å². The molecule has 14 heavy (non-hydrogen) atoms. The first kappa shape index (κ1) is 11.1. The minimum atomic E-state index is 0.971. The van der Waals surface area contributed by atoms with Crippen LogP contribution in [0.25, 0.3) is 0 Å². The maximum Gasteiger partial charge on any atom is 0.0771 e. The second-order valence-electron chi connectivity index (χ2n) is 3.29. The van der Waals surface area contributed by atoms with Crippen molar-refractivity contribution in [2.24, 2.45) is 4.99 Å². The smallest absolute Gasteiger partial charge is 0.0771 e. The van der Waals surface area contributed by atoms with Crippen molar-refractivity contribution >= 4 is 23.1 Å². The van der Waals surface area contributed by atoms with Crippen LogP contribution in [0.15, 0.2) is 29.3 Å². The van der Waals surface area contributed by atoms with Crippen molar-refractivity contribution in [1.82, 2.24) is 0 Å². The molecule has 0 fully saturated rings. The van der Waals surface area contributed by atoms with E-state index in [2.05, 4.69) is 35.4 Å². The van der Waals surface area contributed by atoms with Crippen molar-refractivity contribution in [3.8, 4) is 0 Å². The summed E-state index contributed by atoms with van der Waals surface area (Å²) in [6.07, 6.45) is 4.83. The fraction of sp³-hybridized carbons (Fsp3) is 0.417. The normalized spacial score (nSPS) is 9.50. The van der Waals surface area contributed by atoms with Crippen LogP contribution in [-0.4, -0.2) is 5.16 Å². The molecular weight excluding hydrogens is 190 g/mol. The molecule has 2 heteroatoms. The van der Waals surface area contributed by atoms with Gasteiger partial charge >= 0.3 is 0 Å². The van der Waals surface area contributed by atoms with Gasteiger partial charge in [0.05, 0.1) is 10.8 Å². The molecule has 0 spiro atoms. The minimum absolute atomic E-state index is 0.971. The van der Waals surface area contributed by atoms with E-state index in [1.807, 2.05) is 18.2 Å². The lowest BCUT2D eigenvalue weighted by atomic mass is 10.1. The SMILES string of the molecule is CCCCCc1ccccc1N=C=S. The molecule has 0 saturated carbocycles. The molecule has 0 bridgehead atoms. The third-order valence-electron chi connectivity index (χ3n) is 2.21. The Hall–Kier alpha value is -0.980. The number of aryl methyl sites for hydroxylation is 1. The Morgan fingerprint density at radius 3 is 2.79 bits per heavy atom. The first-order valence-corrected chi connectivity index (χ1v) is 5.45. The average Bonchev–Trinajstić information content (AvgIpc) is 2.21. The molecule has 0 aliphatic carbocycles. The molecule has 0 aliphatic heterocycles. The van der Waals surface area contributed by atoms with Crippen LogP contribution in [0, 0.1) is 0 Å². The second-order valence-corrected chi connectivity index (χ2v) is 3.47. The number of isothiocyanates is 1. The molecule has 0 radical (unpaired) electrons. The van der Waals surface area contributed by atoms with Crippen LogP contribution in [0.2, 0.25) is 0 Å². The van der Waals surface area contributed by atoms with Gasteiger partial charge in [-0.1, -0.05) is 38.0 Å². The van der Waals surface area contributed by atoms with Crippen molar-refractivity contribution in [3.05, 3.63) is 29.8 Å². The van der Waals surface area contributed by atoms with E-state index in [4.69, 9.17) is 0 Å². The van der Waals surface area contributed by atoms with Gasteiger partial charge in [-0.3, -0.25) is 0 Å². The molecule has 0 unspecified atom stereocenters. The van der Waals surface area contributed by atoms with Crippen molar-refractivity contribution in [3.63, 3.8) is 0 Å². The first-order chi connectivity index (χ1) is 6.88. The summed E-state index contributed by atoms with van der Waals surface area (Å²) in [4.78, 5) is 4.05. The molecule has 1 rings (SSSR count). The highest BCUT2D eigenvalue weighted by molar-refractivity contribution is 7.78. The van der Waals surface area contributed by atoms with Gasteiger partial charge in [-0.2, -0.15) is 4.99 Å². The first-order valence-electron chi connectivity index (χ1n) is 5.04. The summed E-state index contributed by atoms with van der Waals surface area (Å²) in [5.74, 6) is 0. The predicted molar refractivity (Wildman–Crippen MR) is 64.4 cm³/mol. The standard InChI is InChI=1S/C12H15NS/c1-2-3-4-7-11-8-5-6-9-12(11)13-10-14/h5-6,8-9H,2-4,7H2,1H3. The number of hydrogen-bond acceptors (Lipinski definition) is 2. The third kappa shape index (κ3) is 3.41. The quantitative estimate of drug-likeness (QED) is 0.399. The van der Waals surface area contributed by atoms with Gasteiger partial charge in [0.2, 0.25) is 0 Å². The van der Waals surface area contributed by atoms with Crippen LogP contribution >= 0.6 is 12.2 Å². The van der Waals surface area contributed by atoms with Crippen LogP contribution in [0.4, 0.5) is 5.69 Å². The number of unbranched alkanes of at least 4 members (excludes halogenated alkanes) is 2. The Morgan fingerprint density at radius 1 is 1.29 bits per heavy atom. The summed E-state index contributed by atoms with van der Waals surface area (Å²) in [6, 6.07) is 8.13. The Balaban J connectivity index is 2.69. The molecule has 0 N–H and O–H groups in total. The highest BCUT2D eigenvalue weighted by Crippen LogP contribution is 2.20. The molecule has 0 saturated heterocycles. The number of benzene rings is 1. The van der Waals surface area contributed by atoms with E-state index in [0.717, 1.165) is 12.1 Å². The molecule has 74 valence electrons. The molecular formula is C12H15NS. The summed E-state index contributed by atoms with van der Waals surface area (Å²) in [7, 11) is 0. The zero-order valence-corrected chi connectivity index (χ0v) is 9.31. The van der Waals surface area contributed by atoms with E-state index < -0.39 is 0 Å². The van der Waals surface area contributed by atoms with E-state index in [9.17, 15) is 0 Å². The second kappa shape index (κ2) is 6.47. The highest BCUT2D eigenvalue weighted by atomic mass is 32.1. The Bertz CT molecular complexity index is 327. The summed E-state index contributed by atoms with van der Waals surface area (Å²) in [5, 5.41) is 2.42. The van der Waals surface area contributed by atoms with Crippen molar-refractivity contribution < 1.29 is 0 Å². The fourth-order valence-corrected chi connectivity index (χ4v) is 1.54. The highest BCUT2D eigenvalue weighted by Gasteiger charge is 1.98. The largest absolute Gasteiger partial charge is 0.194 e. The Kier molecular flexibility index (Phi) is 5.13. The molecule has 0 atom stereocenters. The lowest BCUT2D eigenvalue weighted by molar-refractivity contribution is 0.718. The van der Waals surface area contributed by atoms with Crippen LogP contribution in [0.5, 0.6) is 0 Å². The van der Waals surface area contributed by atoms with E-state index in [0.29, 0.717) is 0 Å². The minimum Gasteiger partial charge on any atom is -0.194 e. The number of nitrogens with zero attached hydrogens (tertiary/aromatic N) is 1. The molecule has 0 aliphatic rings. The maximum absolute atomic E-state index is 4.61. The predicted octanol–water partition coefficient (Wildman–Crippen LogP) is 4.15. The van der Waals surface area contributed by atoms with Gasteiger partial charge in [0, 0.05) is 0 Å². The Morgan fingerprint density at radius 2 is 2.07 bits per heavy atom. The van der Waals surface area contributed by atoms with Crippen LogP contribution in [-0.2, 0) is 6.42 Å². The monoisotopic (exact) mass is 205 g/mol. The average molecular weight is 205 g/mol. The van der Waals surface area contributed by atoms with Gasteiger partial charge in [0.25, 0.3) is 0 Å². The van der Waals surface area contributed by atoms with Gasteiger partial charge < -0.3 is 0 Å². The van der Waals surface area contributed by atoms with Crippen molar-refractivity contribution in [2.75, 3.05) is 0 Å². The topological polar surface area (TPSA) is 12.4 Å². The molecule has 1 aromatic rings. The fourth-order valence-electron chi connectivity index (χ4n) is 1.45. The van der Waals surface area contributed by atoms with E-state index in [1.165, 1.54) is 24.8 Å². The van der Waals surface area contributed by atoms with E-state index >= 15 is 0 Å². The molecule has 0 amide bonds. The Labute approximate surface area is 90.9 Å². The summed E-state index contributed by atoms with van der Waals surface area (Å²) in [5.41, 5.74) is 2.25. The zero-order chi connectivity index (χ0) is 10.2. The molecule has 1 nitrogen and oxygen atoms in total. The van der Waals surface area contributed by atoms with Gasteiger partial charge in [0.15, 0.2) is 0 Å². The van der Waals surface area contributed by atoms with Crippen LogP contribution in [0.1, 0.15) is 31.7 Å². The number of thiocarbonyl (C=S) groups is 1. The lowest BCUT2D eigenvalue weighted by Crippen LogP contribution is -1.85. The van der Waals surface area contributed by atoms with Gasteiger partial charge in [-0.15, -0.1) is 0 Å². The van der Waals surface area contributed by atoms with Gasteiger partial charge in [-0.05, 0) is 36.7 Å². The number of hydrogen-bond donors (Lipinski definition) is 0. The van der Waals surface area contributed by atoms with E-state index in [1.54, 1.807) is 0 Å².